The lowest BCUT2D eigenvalue weighted by Gasteiger charge is -2.33. The zero-order valence-electron chi connectivity index (χ0n) is 17.2. The van der Waals surface area contributed by atoms with E-state index in [-0.39, 0.29) is 41.8 Å². The van der Waals surface area contributed by atoms with E-state index in [4.69, 9.17) is 4.74 Å². The molecule has 2 fully saturated rings. The summed E-state index contributed by atoms with van der Waals surface area (Å²) >= 11 is 0. The molecular formula is C21H31IN4O3. The summed E-state index contributed by atoms with van der Waals surface area (Å²) in [7, 11) is 3.23. The molecule has 2 aliphatic rings. The summed E-state index contributed by atoms with van der Waals surface area (Å²) in [6, 6.07) is 8.37. The van der Waals surface area contributed by atoms with Crippen molar-refractivity contribution >= 4 is 41.8 Å². The summed E-state index contributed by atoms with van der Waals surface area (Å²) in [5.41, 5.74) is 2.33. The minimum Gasteiger partial charge on any atom is -0.469 e. The normalized spacial score (nSPS) is 17.9. The molecule has 0 saturated carbocycles. The maximum absolute atomic E-state index is 11.8. The monoisotopic (exact) mass is 514 g/mol. The average Bonchev–Trinajstić information content (AvgIpc) is 3.14. The van der Waals surface area contributed by atoms with Crippen LogP contribution in [-0.2, 0) is 27.4 Å². The Bertz CT molecular complexity index is 715. The van der Waals surface area contributed by atoms with Gasteiger partial charge in [-0.2, -0.15) is 0 Å². The Balaban J connectivity index is 0.00000300. The minimum absolute atomic E-state index is 0. The van der Waals surface area contributed by atoms with E-state index in [0.29, 0.717) is 19.5 Å². The van der Waals surface area contributed by atoms with Crippen LogP contribution in [0.5, 0.6) is 0 Å². The number of nitrogens with zero attached hydrogens (tertiary/aromatic N) is 3. The standard InChI is InChI=1S/C21H30N4O3.HI/c1-22-21(24-12-9-18(10-13-24)20(27)28-2)23-14-16-5-7-17(8-6-16)15-25-11-3-4-19(25)26;/h5-8,18H,3-4,9-15H2,1-2H3,(H,22,23);1H. The third-order valence-electron chi connectivity index (χ3n) is 5.56. The fourth-order valence-electron chi connectivity index (χ4n) is 3.86. The van der Waals surface area contributed by atoms with Crippen molar-refractivity contribution in [3.05, 3.63) is 35.4 Å². The van der Waals surface area contributed by atoms with Gasteiger partial charge in [0.2, 0.25) is 5.91 Å². The van der Waals surface area contributed by atoms with Crippen molar-refractivity contribution in [1.82, 2.24) is 15.1 Å². The number of carbonyl (C=O) groups is 2. The second-order valence-corrected chi connectivity index (χ2v) is 7.42. The number of guanidine groups is 1. The Morgan fingerprint density at radius 3 is 2.38 bits per heavy atom. The quantitative estimate of drug-likeness (QED) is 0.283. The van der Waals surface area contributed by atoms with Crippen LogP contribution in [0.25, 0.3) is 0 Å². The van der Waals surface area contributed by atoms with E-state index in [2.05, 4.69) is 39.5 Å². The van der Waals surface area contributed by atoms with Crippen molar-refractivity contribution in [2.75, 3.05) is 33.8 Å². The van der Waals surface area contributed by atoms with E-state index in [1.165, 1.54) is 12.7 Å². The largest absolute Gasteiger partial charge is 0.469 e. The highest BCUT2D eigenvalue weighted by Gasteiger charge is 2.27. The first kappa shape index (κ1) is 23.4. The number of piperidine rings is 1. The van der Waals surface area contributed by atoms with E-state index in [0.717, 1.165) is 50.4 Å². The highest BCUT2D eigenvalue weighted by molar-refractivity contribution is 14.0. The van der Waals surface area contributed by atoms with Crippen molar-refractivity contribution in [2.24, 2.45) is 10.9 Å². The lowest BCUT2D eigenvalue weighted by atomic mass is 9.97. The number of rotatable bonds is 5. The van der Waals surface area contributed by atoms with E-state index < -0.39 is 0 Å². The Hall–Kier alpha value is -1.84. The van der Waals surface area contributed by atoms with Gasteiger partial charge in [-0.25, -0.2) is 0 Å². The lowest BCUT2D eigenvalue weighted by molar-refractivity contribution is -0.146. The highest BCUT2D eigenvalue weighted by atomic mass is 127. The first-order chi connectivity index (χ1) is 13.6. The smallest absolute Gasteiger partial charge is 0.308 e. The zero-order chi connectivity index (χ0) is 19.9. The summed E-state index contributed by atoms with van der Waals surface area (Å²) in [5.74, 6) is 0.994. The molecule has 2 aliphatic heterocycles. The van der Waals surface area contributed by atoms with Crippen molar-refractivity contribution < 1.29 is 14.3 Å². The number of likely N-dealkylation sites (tertiary alicyclic amines) is 2. The van der Waals surface area contributed by atoms with Gasteiger partial charge in [0.1, 0.15) is 0 Å². The third kappa shape index (κ3) is 6.32. The number of ether oxygens (including phenoxy) is 1. The predicted octanol–water partition coefficient (Wildman–Crippen LogP) is 2.39. The molecule has 8 heteroatoms. The Morgan fingerprint density at radius 2 is 1.83 bits per heavy atom. The molecule has 1 N–H and O–H groups in total. The van der Waals surface area contributed by atoms with E-state index in [1.54, 1.807) is 7.05 Å². The Morgan fingerprint density at radius 1 is 1.17 bits per heavy atom. The van der Waals surface area contributed by atoms with Crippen LogP contribution in [0.15, 0.2) is 29.3 Å². The molecule has 2 heterocycles. The molecule has 3 rings (SSSR count). The number of amides is 1. The van der Waals surface area contributed by atoms with Crippen LogP contribution < -0.4 is 5.32 Å². The summed E-state index contributed by atoms with van der Waals surface area (Å²) < 4.78 is 4.85. The number of carbonyl (C=O) groups excluding carboxylic acids is 2. The van der Waals surface area contributed by atoms with Gasteiger partial charge in [0.05, 0.1) is 13.0 Å². The first-order valence-electron chi connectivity index (χ1n) is 9.99. The van der Waals surface area contributed by atoms with Gasteiger partial charge < -0.3 is 19.9 Å². The third-order valence-corrected chi connectivity index (χ3v) is 5.56. The number of hydrogen-bond donors (Lipinski definition) is 1. The molecule has 0 bridgehead atoms. The molecule has 160 valence electrons. The van der Waals surface area contributed by atoms with Crippen molar-refractivity contribution in [3.8, 4) is 0 Å². The van der Waals surface area contributed by atoms with Gasteiger partial charge in [-0.3, -0.25) is 14.6 Å². The number of hydrogen-bond acceptors (Lipinski definition) is 4. The van der Waals surface area contributed by atoms with Crippen LogP contribution in [0.2, 0.25) is 0 Å². The maximum atomic E-state index is 11.8. The van der Waals surface area contributed by atoms with Crippen molar-refractivity contribution in [1.29, 1.82) is 0 Å². The lowest BCUT2D eigenvalue weighted by Crippen LogP contribution is -2.46. The SMILES string of the molecule is CN=C(NCc1ccc(CN2CCCC2=O)cc1)N1CCC(C(=O)OC)CC1.I. The number of nitrogens with one attached hydrogen (secondary N) is 1. The average molecular weight is 514 g/mol. The fourth-order valence-corrected chi connectivity index (χ4v) is 3.86. The van der Waals surface area contributed by atoms with Crippen LogP contribution in [-0.4, -0.2) is 61.4 Å². The molecular weight excluding hydrogens is 483 g/mol. The number of methoxy groups -OCH3 is 1. The first-order valence-corrected chi connectivity index (χ1v) is 9.99. The van der Waals surface area contributed by atoms with E-state index in [1.807, 2.05) is 4.90 Å². The summed E-state index contributed by atoms with van der Waals surface area (Å²) in [4.78, 5) is 31.9. The molecule has 1 amide bonds. The molecule has 29 heavy (non-hydrogen) atoms. The minimum atomic E-state index is -0.113. The number of halogens is 1. The molecule has 0 aliphatic carbocycles. The molecule has 7 nitrogen and oxygen atoms in total. The van der Waals surface area contributed by atoms with Gasteiger partial charge in [-0.1, -0.05) is 24.3 Å². The van der Waals surface area contributed by atoms with Gasteiger partial charge in [-0.05, 0) is 30.4 Å². The topological polar surface area (TPSA) is 74.2 Å². The van der Waals surface area contributed by atoms with Crippen LogP contribution in [0.3, 0.4) is 0 Å². The molecule has 0 unspecified atom stereocenters. The summed E-state index contributed by atoms with van der Waals surface area (Å²) in [6.45, 7) is 3.84. The van der Waals surface area contributed by atoms with Crippen molar-refractivity contribution in [2.45, 2.75) is 38.8 Å². The van der Waals surface area contributed by atoms with Gasteiger partial charge in [0.25, 0.3) is 0 Å². The fraction of sp³-hybridized carbons (Fsp3) is 0.571. The zero-order valence-corrected chi connectivity index (χ0v) is 19.6. The Kier molecular flexibility index (Phi) is 9.19. The molecule has 0 spiro atoms. The maximum Gasteiger partial charge on any atom is 0.308 e. The molecule has 0 aromatic heterocycles. The van der Waals surface area contributed by atoms with Crippen LogP contribution in [0.4, 0.5) is 0 Å². The van der Waals surface area contributed by atoms with Gasteiger partial charge in [0, 0.05) is 46.2 Å². The van der Waals surface area contributed by atoms with Gasteiger partial charge in [0.15, 0.2) is 5.96 Å². The van der Waals surface area contributed by atoms with E-state index >= 15 is 0 Å². The summed E-state index contributed by atoms with van der Waals surface area (Å²) in [6.07, 6.45) is 3.23. The summed E-state index contributed by atoms with van der Waals surface area (Å²) in [5, 5.41) is 3.41. The molecule has 0 atom stereocenters. The van der Waals surface area contributed by atoms with Gasteiger partial charge in [-0.15, -0.1) is 24.0 Å². The van der Waals surface area contributed by atoms with Gasteiger partial charge >= 0.3 is 5.97 Å². The number of esters is 1. The van der Waals surface area contributed by atoms with Crippen LogP contribution >= 0.6 is 24.0 Å². The van der Waals surface area contributed by atoms with Crippen molar-refractivity contribution in [3.63, 3.8) is 0 Å². The molecule has 1 aromatic carbocycles. The molecule has 0 radical (unpaired) electrons. The predicted molar refractivity (Wildman–Crippen MR) is 123 cm³/mol. The highest BCUT2D eigenvalue weighted by Crippen LogP contribution is 2.19. The van der Waals surface area contributed by atoms with E-state index in [9.17, 15) is 9.59 Å². The second-order valence-electron chi connectivity index (χ2n) is 7.42. The Labute approximate surface area is 189 Å². The number of benzene rings is 1. The molecule has 2 saturated heterocycles. The van der Waals surface area contributed by atoms with Crippen LogP contribution in [0.1, 0.15) is 36.8 Å². The second kappa shape index (κ2) is 11.4. The number of aliphatic imine (C=N–C) groups is 1. The van der Waals surface area contributed by atoms with Crippen LogP contribution in [0, 0.1) is 5.92 Å². The molecule has 1 aromatic rings.